The molecular weight excluding hydrogens is 236 g/mol. The van der Waals surface area contributed by atoms with E-state index in [9.17, 15) is 4.79 Å². The van der Waals surface area contributed by atoms with Gasteiger partial charge in [-0.15, -0.1) is 11.3 Å². The van der Waals surface area contributed by atoms with Crippen LogP contribution in [0.3, 0.4) is 0 Å². The van der Waals surface area contributed by atoms with Gasteiger partial charge >= 0.3 is 0 Å². The van der Waals surface area contributed by atoms with Crippen molar-refractivity contribution in [2.24, 2.45) is 0 Å². The van der Waals surface area contributed by atoms with E-state index in [0.29, 0.717) is 5.82 Å². The van der Waals surface area contributed by atoms with Crippen molar-refractivity contribution in [2.45, 2.75) is 13.0 Å². The first-order chi connectivity index (χ1) is 8.25. The maximum Gasteiger partial charge on any atom is 0.244 e. The Bertz CT molecular complexity index is 490. The molecule has 2 N–H and O–H groups in total. The third-order valence-electron chi connectivity index (χ3n) is 2.14. The first kappa shape index (κ1) is 11.5. The van der Waals surface area contributed by atoms with Crippen LogP contribution >= 0.6 is 11.3 Å². The Balaban J connectivity index is 1.89. The zero-order chi connectivity index (χ0) is 12.1. The van der Waals surface area contributed by atoms with E-state index in [1.54, 1.807) is 17.4 Å². The highest BCUT2D eigenvalue weighted by Crippen LogP contribution is 2.10. The lowest BCUT2D eigenvalue weighted by molar-refractivity contribution is -0.117. The summed E-state index contributed by atoms with van der Waals surface area (Å²) in [4.78, 5) is 16.6. The number of hydrogen-bond donors (Lipinski definition) is 2. The molecule has 1 atom stereocenters. The van der Waals surface area contributed by atoms with Crippen LogP contribution in [0, 0.1) is 0 Å². The predicted octanol–water partition coefficient (Wildman–Crippen LogP) is 1.76. The Labute approximate surface area is 103 Å². The van der Waals surface area contributed by atoms with Gasteiger partial charge in [-0.1, -0.05) is 6.07 Å². The Morgan fingerprint density at radius 2 is 2.53 bits per heavy atom. The number of carbonyl (C=O) groups is 1. The van der Waals surface area contributed by atoms with Crippen molar-refractivity contribution in [1.82, 2.24) is 20.5 Å². The lowest BCUT2D eigenvalue weighted by atomic mass is 10.3. The molecule has 5 nitrogen and oxygen atoms in total. The first-order valence-corrected chi connectivity index (χ1v) is 6.01. The molecule has 17 heavy (non-hydrogen) atoms. The molecule has 0 spiro atoms. The second-order valence-corrected chi connectivity index (χ2v) is 4.43. The minimum absolute atomic E-state index is 0.151. The van der Waals surface area contributed by atoms with Gasteiger partial charge in [-0.3, -0.25) is 9.89 Å². The minimum Gasteiger partial charge on any atom is -0.343 e. The van der Waals surface area contributed by atoms with Crippen LogP contribution in [0.5, 0.6) is 0 Å². The largest absolute Gasteiger partial charge is 0.343 e. The summed E-state index contributed by atoms with van der Waals surface area (Å²) < 4.78 is 0. The van der Waals surface area contributed by atoms with Crippen LogP contribution in [0.2, 0.25) is 0 Å². The molecule has 0 aromatic carbocycles. The molecule has 6 heteroatoms. The van der Waals surface area contributed by atoms with Gasteiger partial charge < -0.3 is 5.32 Å². The monoisotopic (exact) mass is 248 g/mol. The molecule has 0 aliphatic rings. The van der Waals surface area contributed by atoms with Gasteiger partial charge in [0.15, 0.2) is 0 Å². The van der Waals surface area contributed by atoms with E-state index in [0.717, 1.165) is 4.88 Å². The van der Waals surface area contributed by atoms with Gasteiger partial charge in [0.1, 0.15) is 12.2 Å². The first-order valence-electron chi connectivity index (χ1n) is 5.13. The van der Waals surface area contributed by atoms with Crippen LogP contribution in [-0.4, -0.2) is 21.1 Å². The van der Waals surface area contributed by atoms with Gasteiger partial charge in [0.05, 0.1) is 6.04 Å². The summed E-state index contributed by atoms with van der Waals surface area (Å²) in [5, 5.41) is 11.2. The van der Waals surface area contributed by atoms with Crippen LogP contribution in [0.15, 0.2) is 29.9 Å². The molecule has 88 valence electrons. The van der Waals surface area contributed by atoms with E-state index >= 15 is 0 Å². The highest BCUT2D eigenvalue weighted by molar-refractivity contribution is 7.10. The lowest BCUT2D eigenvalue weighted by Gasteiger charge is -2.08. The van der Waals surface area contributed by atoms with Gasteiger partial charge in [-0.25, -0.2) is 4.98 Å². The molecule has 2 heterocycles. The summed E-state index contributed by atoms with van der Waals surface area (Å²) in [5.74, 6) is 0.491. The van der Waals surface area contributed by atoms with E-state index in [1.807, 2.05) is 24.4 Å². The number of carbonyl (C=O) groups excluding carboxylic acids is 1. The predicted molar refractivity (Wildman–Crippen MR) is 66.3 cm³/mol. The molecular formula is C11H12N4OS. The average molecular weight is 248 g/mol. The SMILES string of the molecule is CC(NC(=O)/C=C/c1cccs1)c1ncn[nH]1. The molecule has 2 aromatic heterocycles. The van der Waals surface area contributed by atoms with E-state index < -0.39 is 0 Å². The third kappa shape index (κ3) is 3.25. The maximum absolute atomic E-state index is 11.6. The number of amides is 1. The number of hydrogen-bond acceptors (Lipinski definition) is 4. The van der Waals surface area contributed by atoms with Crippen molar-refractivity contribution in [1.29, 1.82) is 0 Å². The molecule has 1 amide bonds. The second-order valence-electron chi connectivity index (χ2n) is 3.45. The summed E-state index contributed by atoms with van der Waals surface area (Å²) >= 11 is 1.59. The topological polar surface area (TPSA) is 70.7 Å². The molecule has 0 bridgehead atoms. The summed E-state index contributed by atoms with van der Waals surface area (Å²) in [5.41, 5.74) is 0. The molecule has 2 aromatic rings. The lowest BCUT2D eigenvalue weighted by Crippen LogP contribution is -2.25. The molecule has 0 radical (unpaired) electrons. The number of aromatic nitrogens is 3. The number of aromatic amines is 1. The summed E-state index contributed by atoms with van der Waals surface area (Å²) in [7, 11) is 0. The minimum atomic E-state index is -0.182. The van der Waals surface area contributed by atoms with Gasteiger partial charge in [0.2, 0.25) is 5.91 Å². The Kier molecular flexibility index (Phi) is 3.66. The van der Waals surface area contributed by atoms with E-state index in [2.05, 4.69) is 20.5 Å². The molecule has 0 aliphatic heterocycles. The summed E-state index contributed by atoms with van der Waals surface area (Å²) in [6, 6.07) is 3.71. The maximum atomic E-state index is 11.6. The standard InChI is InChI=1S/C11H12N4OS/c1-8(11-12-7-13-15-11)14-10(16)5-4-9-3-2-6-17-9/h2-8H,1H3,(H,14,16)(H,12,13,15)/b5-4+. The van der Waals surface area contributed by atoms with Crippen molar-refractivity contribution in [3.63, 3.8) is 0 Å². The van der Waals surface area contributed by atoms with Crippen molar-refractivity contribution in [3.8, 4) is 0 Å². The van der Waals surface area contributed by atoms with Gasteiger partial charge in [-0.2, -0.15) is 5.10 Å². The van der Waals surface area contributed by atoms with Crippen LogP contribution in [0.25, 0.3) is 6.08 Å². The fraction of sp³-hybridized carbons (Fsp3) is 0.182. The van der Waals surface area contributed by atoms with Crippen LogP contribution < -0.4 is 5.32 Å². The number of nitrogens with zero attached hydrogens (tertiary/aromatic N) is 2. The Morgan fingerprint density at radius 3 is 3.18 bits per heavy atom. The number of nitrogens with one attached hydrogen (secondary N) is 2. The summed E-state index contributed by atoms with van der Waals surface area (Å²) in [6.07, 6.45) is 4.71. The second kappa shape index (κ2) is 5.40. The van der Waals surface area contributed by atoms with Crippen LogP contribution in [0.4, 0.5) is 0 Å². The van der Waals surface area contributed by atoms with Crippen molar-refractivity contribution in [2.75, 3.05) is 0 Å². The molecule has 2 rings (SSSR count). The molecule has 0 saturated carbocycles. The highest BCUT2D eigenvalue weighted by atomic mass is 32.1. The molecule has 0 fully saturated rings. The fourth-order valence-electron chi connectivity index (χ4n) is 1.30. The van der Waals surface area contributed by atoms with Gasteiger partial charge in [0, 0.05) is 11.0 Å². The Morgan fingerprint density at radius 1 is 1.65 bits per heavy atom. The zero-order valence-electron chi connectivity index (χ0n) is 9.25. The van der Waals surface area contributed by atoms with Gasteiger partial charge in [0.25, 0.3) is 0 Å². The zero-order valence-corrected chi connectivity index (χ0v) is 10.1. The number of H-pyrrole nitrogens is 1. The fourth-order valence-corrected chi connectivity index (χ4v) is 1.92. The summed E-state index contributed by atoms with van der Waals surface area (Å²) in [6.45, 7) is 1.84. The van der Waals surface area contributed by atoms with E-state index in [4.69, 9.17) is 0 Å². The molecule has 0 aliphatic carbocycles. The highest BCUT2D eigenvalue weighted by Gasteiger charge is 2.09. The van der Waals surface area contributed by atoms with Crippen molar-refractivity contribution in [3.05, 3.63) is 40.6 Å². The molecule has 1 unspecified atom stereocenters. The van der Waals surface area contributed by atoms with E-state index in [1.165, 1.54) is 12.4 Å². The third-order valence-corrected chi connectivity index (χ3v) is 2.98. The normalized spacial score (nSPS) is 12.8. The Hall–Kier alpha value is -1.95. The van der Waals surface area contributed by atoms with Crippen LogP contribution in [-0.2, 0) is 4.79 Å². The number of rotatable bonds is 4. The molecule has 0 saturated heterocycles. The van der Waals surface area contributed by atoms with Crippen molar-refractivity contribution < 1.29 is 4.79 Å². The average Bonchev–Trinajstić information content (AvgIpc) is 2.99. The van der Waals surface area contributed by atoms with E-state index in [-0.39, 0.29) is 11.9 Å². The van der Waals surface area contributed by atoms with Crippen molar-refractivity contribution >= 4 is 23.3 Å². The quantitative estimate of drug-likeness (QED) is 0.810. The van der Waals surface area contributed by atoms with Crippen LogP contribution in [0.1, 0.15) is 23.7 Å². The smallest absolute Gasteiger partial charge is 0.244 e. The number of thiophene rings is 1. The van der Waals surface area contributed by atoms with Gasteiger partial charge in [-0.05, 0) is 24.4 Å².